The minimum Gasteiger partial charge on any atom is -0.496 e. The molecule has 0 bridgehead atoms. The molecule has 0 spiro atoms. The Balaban J connectivity index is 2.53. The molecule has 2 rings (SSSR count). The average molecular weight is 356 g/mol. The molecule has 20 heavy (non-hydrogen) atoms. The molecule has 5 heteroatoms. The van der Waals surface area contributed by atoms with Gasteiger partial charge in [-0.1, -0.05) is 13.0 Å². The Morgan fingerprint density at radius 3 is 2.25 bits per heavy atom. The molecule has 1 N–H and O–H groups in total. The molecule has 108 valence electrons. The van der Waals surface area contributed by atoms with Crippen molar-refractivity contribution in [1.29, 1.82) is 0 Å². The first kappa shape index (κ1) is 15.4. The number of nitrogens with one attached hydrogen (secondary N) is 1. The summed E-state index contributed by atoms with van der Waals surface area (Å²) in [5.74, 6) is 1.67. The fraction of sp³-hybridized carbons (Fsp3) is 0.333. The Kier molecular flexibility index (Phi) is 5.46. The molecule has 0 aliphatic heterocycles. The van der Waals surface area contributed by atoms with Crippen molar-refractivity contribution < 1.29 is 9.47 Å². The number of methoxy groups -OCH3 is 2. The number of halogens is 1. The summed E-state index contributed by atoms with van der Waals surface area (Å²) < 4.78 is 12.1. The highest BCUT2D eigenvalue weighted by molar-refractivity contribution is 9.11. The lowest BCUT2D eigenvalue weighted by Gasteiger charge is -2.22. The van der Waals surface area contributed by atoms with E-state index in [2.05, 4.69) is 40.3 Å². The van der Waals surface area contributed by atoms with Gasteiger partial charge in [-0.15, -0.1) is 11.3 Å². The van der Waals surface area contributed by atoms with Gasteiger partial charge in [0.1, 0.15) is 11.5 Å². The van der Waals surface area contributed by atoms with Crippen LogP contribution in [-0.2, 0) is 0 Å². The van der Waals surface area contributed by atoms with E-state index in [0.29, 0.717) is 0 Å². The van der Waals surface area contributed by atoms with Crippen LogP contribution in [0.3, 0.4) is 0 Å². The lowest BCUT2D eigenvalue weighted by molar-refractivity contribution is 0.378. The zero-order valence-electron chi connectivity index (χ0n) is 11.8. The first-order chi connectivity index (χ1) is 9.71. The lowest BCUT2D eigenvalue weighted by Crippen LogP contribution is -2.22. The van der Waals surface area contributed by atoms with Crippen LogP contribution in [0.2, 0.25) is 0 Å². The van der Waals surface area contributed by atoms with E-state index >= 15 is 0 Å². The van der Waals surface area contributed by atoms with Crippen molar-refractivity contribution in [3.63, 3.8) is 0 Å². The first-order valence-corrected chi connectivity index (χ1v) is 8.01. The van der Waals surface area contributed by atoms with E-state index in [9.17, 15) is 0 Å². The van der Waals surface area contributed by atoms with Gasteiger partial charge in [-0.05, 0) is 46.7 Å². The molecular formula is C15H18BrNO2S. The predicted octanol–water partition coefficient (Wildman–Crippen LogP) is 4.23. The number of hydrogen-bond acceptors (Lipinski definition) is 4. The van der Waals surface area contributed by atoms with Crippen molar-refractivity contribution in [2.75, 3.05) is 20.8 Å². The standard InChI is InChI=1S/C15H18BrNO2S/c1-4-17-15(12-8-9-13(16)20-12)14-10(18-2)6-5-7-11(14)19-3/h5-9,15,17H,4H2,1-3H3. The molecule has 0 aliphatic carbocycles. The van der Waals surface area contributed by atoms with E-state index in [-0.39, 0.29) is 6.04 Å². The van der Waals surface area contributed by atoms with Crippen molar-refractivity contribution in [2.45, 2.75) is 13.0 Å². The summed E-state index contributed by atoms with van der Waals surface area (Å²) in [5.41, 5.74) is 1.04. The third kappa shape index (κ3) is 3.16. The van der Waals surface area contributed by atoms with Gasteiger partial charge in [-0.25, -0.2) is 0 Å². The second-order valence-corrected chi connectivity index (χ2v) is 6.70. The quantitative estimate of drug-likeness (QED) is 0.840. The van der Waals surface area contributed by atoms with E-state index in [4.69, 9.17) is 9.47 Å². The molecule has 0 fully saturated rings. The zero-order valence-corrected chi connectivity index (χ0v) is 14.2. The third-order valence-corrected chi connectivity index (χ3v) is 4.73. The molecule has 0 aliphatic rings. The van der Waals surface area contributed by atoms with Gasteiger partial charge in [0, 0.05) is 4.88 Å². The van der Waals surface area contributed by atoms with Gasteiger partial charge in [0.2, 0.25) is 0 Å². The summed E-state index contributed by atoms with van der Waals surface area (Å²) in [5, 5.41) is 3.51. The maximum Gasteiger partial charge on any atom is 0.127 e. The minimum absolute atomic E-state index is 0.0578. The van der Waals surface area contributed by atoms with Crippen molar-refractivity contribution in [3.8, 4) is 11.5 Å². The highest BCUT2D eigenvalue weighted by Gasteiger charge is 2.23. The molecule has 0 radical (unpaired) electrons. The highest BCUT2D eigenvalue weighted by Crippen LogP contribution is 2.40. The molecule has 1 aromatic heterocycles. The highest BCUT2D eigenvalue weighted by atomic mass is 79.9. The van der Waals surface area contributed by atoms with Gasteiger partial charge in [-0.2, -0.15) is 0 Å². The first-order valence-electron chi connectivity index (χ1n) is 6.40. The summed E-state index contributed by atoms with van der Waals surface area (Å²) in [6.07, 6.45) is 0. The Morgan fingerprint density at radius 2 is 1.80 bits per heavy atom. The molecule has 1 aromatic carbocycles. The fourth-order valence-electron chi connectivity index (χ4n) is 2.20. The summed E-state index contributed by atoms with van der Waals surface area (Å²) in [7, 11) is 3.37. The fourth-order valence-corrected chi connectivity index (χ4v) is 3.71. The van der Waals surface area contributed by atoms with E-state index in [1.54, 1.807) is 25.6 Å². The monoisotopic (exact) mass is 355 g/mol. The third-order valence-electron chi connectivity index (χ3n) is 3.04. The van der Waals surface area contributed by atoms with Gasteiger partial charge in [0.05, 0.1) is 29.6 Å². The second kappa shape index (κ2) is 7.11. The Hall–Kier alpha value is -1.04. The molecule has 3 nitrogen and oxygen atoms in total. The SMILES string of the molecule is CCNC(c1ccc(Br)s1)c1c(OC)cccc1OC. The summed E-state index contributed by atoms with van der Waals surface area (Å²) in [6, 6.07) is 10.1. The van der Waals surface area contributed by atoms with E-state index in [1.165, 1.54) is 4.88 Å². The van der Waals surface area contributed by atoms with Crippen molar-refractivity contribution >= 4 is 27.3 Å². The largest absolute Gasteiger partial charge is 0.496 e. The van der Waals surface area contributed by atoms with Gasteiger partial charge in [0.15, 0.2) is 0 Å². The number of ether oxygens (including phenoxy) is 2. The topological polar surface area (TPSA) is 30.5 Å². The Labute approximate surface area is 132 Å². The summed E-state index contributed by atoms with van der Waals surface area (Å²) in [4.78, 5) is 1.22. The Bertz CT molecular complexity index is 549. The van der Waals surface area contributed by atoms with Gasteiger partial charge in [0.25, 0.3) is 0 Å². The van der Waals surface area contributed by atoms with Crippen LogP contribution in [-0.4, -0.2) is 20.8 Å². The van der Waals surface area contributed by atoms with Crippen LogP contribution in [0, 0.1) is 0 Å². The summed E-state index contributed by atoms with van der Waals surface area (Å²) in [6.45, 7) is 2.96. The van der Waals surface area contributed by atoms with Crippen LogP contribution < -0.4 is 14.8 Å². The number of hydrogen-bond donors (Lipinski definition) is 1. The molecule has 1 heterocycles. The normalized spacial score (nSPS) is 12.2. The molecule has 0 saturated heterocycles. The van der Waals surface area contributed by atoms with Crippen molar-refractivity contribution in [3.05, 3.63) is 44.6 Å². The van der Waals surface area contributed by atoms with Crippen LogP contribution in [0.4, 0.5) is 0 Å². The predicted molar refractivity (Wildman–Crippen MR) is 87.1 cm³/mol. The maximum absolute atomic E-state index is 5.52. The average Bonchev–Trinajstić information content (AvgIpc) is 2.90. The molecular weight excluding hydrogens is 338 g/mol. The molecule has 2 aromatic rings. The minimum atomic E-state index is 0.0578. The smallest absolute Gasteiger partial charge is 0.127 e. The lowest BCUT2D eigenvalue weighted by atomic mass is 10.0. The molecule has 1 unspecified atom stereocenters. The number of benzene rings is 1. The van der Waals surface area contributed by atoms with E-state index in [0.717, 1.165) is 27.4 Å². The van der Waals surface area contributed by atoms with Crippen molar-refractivity contribution in [2.24, 2.45) is 0 Å². The zero-order chi connectivity index (χ0) is 14.5. The molecule has 1 atom stereocenters. The second-order valence-electron chi connectivity index (χ2n) is 4.21. The van der Waals surface area contributed by atoms with Crippen LogP contribution in [0.5, 0.6) is 11.5 Å². The maximum atomic E-state index is 5.52. The Morgan fingerprint density at radius 1 is 1.15 bits per heavy atom. The van der Waals surface area contributed by atoms with Gasteiger partial charge >= 0.3 is 0 Å². The van der Waals surface area contributed by atoms with Crippen molar-refractivity contribution in [1.82, 2.24) is 5.32 Å². The van der Waals surface area contributed by atoms with Crippen LogP contribution in [0.15, 0.2) is 34.1 Å². The van der Waals surface area contributed by atoms with Crippen LogP contribution in [0.1, 0.15) is 23.4 Å². The number of thiophene rings is 1. The van der Waals surface area contributed by atoms with Crippen LogP contribution in [0.25, 0.3) is 0 Å². The van der Waals surface area contributed by atoms with Crippen LogP contribution >= 0.6 is 27.3 Å². The van der Waals surface area contributed by atoms with Gasteiger partial charge < -0.3 is 14.8 Å². The van der Waals surface area contributed by atoms with E-state index < -0.39 is 0 Å². The van der Waals surface area contributed by atoms with E-state index in [1.807, 2.05) is 18.2 Å². The molecule has 0 saturated carbocycles. The molecule has 0 amide bonds. The summed E-state index contributed by atoms with van der Waals surface area (Å²) >= 11 is 5.24. The van der Waals surface area contributed by atoms with Gasteiger partial charge in [-0.3, -0.25) is 0 Å². The number of rotatable bonds is 6.